The van der Waals surface area contributed by atoms with Gasteiger partial charge in [0.25, 0.3) is 0 Å². The minimum absolute atomic E-state index is 0.577. The smallest absolute Gasteiger partial charge is 0.196 e. The third-order valence-electron chi connectivity index (χ3n) is 11.1. The Kier molecular flexibility index (Phi) is 6.61. The first kappa shape index (κ1) is 30.7. The summed E-state index contributed by atoms with van der Waals surface area (Å²) in [6.07, 6.45) is 0. The number of benzene rings is 8. The third kappa shape index (κ3) is 4.51. The molecular formula is C50H29N5. The van der Waals surface area contributed by atoms with E-state index in [9.17, 15) is 5.26 Å². The van der Waals surface area contributed by atoms with E-state index in [4.69, 9.17) is 6.57 Å². The first-order valence-corrected chi connectivity index (χ1v) is 18.3. The Bertz CT molecular complexity index is 3350. The van der Waals surface area contributed by atoms with Crippen LogP contribution in [0.15, 0.2) is 176 Å². The first-order valence-electron chi connectivity index (χ1n) is 18.3. The lowest BCUT2D eigenvalue weighted by Crippen LogP contribution is -1.96. The van der Waals surface area contributed by atoms with E-state index < -0.39 is 0 Å². The molecule has 0 aliphatic carbocycles. The molecule has 55 heavy (non-hydrogen) atoms. The molecule has 8 aromatic carbocycles. The largest absolute Gasteiger partial charge is 0.311 e. The second kappa shape index (κ2) is 11.8. The van der Waals surface area contributed by atoms with E-state index in [2.05, 4.69) is 176 Å². The zero-order chi connectivity index (χ0) is 36.6. The zero-order valence-corrected chi connectivity index (χ0v) is 29.5. The van der Waals surface area contributed by atoms with Gasteiger partial charge in [0.15, 0.2) is 5.69 Å². The topological polar surface area (TPSA) is 42.9 Å². The van der Waals surface area contributed by atoms with Crippen LogP contribution in [0.1, 0.15) is 5.56 Å². The Hall–Kier alpha value is -7.86. The van der Waals surface area contributed by atoms with Crippen molar-refractivity contribution in [3.05, 3.63) is 193 Å². The molecule has 254 valence electrons. The number of rotatable bonds is 4. The highest BCUT2D eigenvalue weighted by Gasteiger charge is 2.18. The summed E-state index contributed by atoms with van der Waals surface area (Å²) in [5, 5.41) is 16.8. The van der Waals surface area contributed by atoms with Crippen molar-refractivity contribution in [1.82, 2.24) is 13.7 Å². The fraction of sp³-hybridized carbons (Fsp3) is 0. The quantitative estimate of drug-likeness (QED) is 0.169. The van der Waals surface area contributed by atoms with Crippen LogP contribution in [0.2, 0.25) is 0 Å². The lowest BCUT2D eigenvalue weighted by Gasteiger charge is -2.13. The van der Waals surface area contributed by atoms with E-state index in [1.54, 1.807) is 0 Å². The monoisotopic (exact) mass is 699 g/mol. The van der Waals surface area contributed by atoms with Crippen molar-refractivity contribution in [1.29, 1.82) is 5.26 Å². The van der Waals surface area contributed by atoms with Gasteiger partial charge in [-0.25, -0.2) is 4.85 Å². The fourth-order valence-electron chi connectivity index (χ4n) is 8.69. The lowest BCUT2D eigenvalue weighted by atomic mass is 10.0. The maximum atomic E-state index is 9.91. The molecule has 0 unspecified atom stereocenters. The summed E-state index contributed by atoms with van der Waals surface area (Å²) in [6, 6.07) is 63.5. The van der Waals surface area contributed by atoms with Gasteiger partial charge in [-0.05, 0) is 96.1 Å². The van der Waals surface area contributed by atoms with Gasteiger partial charge in [0.2, 0.25) is 0 Å². The average molecular weight is 700 g/mol. The number of hydrogen-bond acceptors (Lipinski definition) is 1. The number of aromatic nitrogens is 3. The van der Waals surface area contributed by atoms with E-state index in [1.165, 1.54) is 21.5 Å². The van der Waals surface area contributed by atoms with Crippen LogP contribution in [0.4, 0.5) is 5.69 Å². The van der Waals surface area contributed by atoms with Gasteiger partial charge in [0, 0.05) is 49.4 Å². The minimum atomic E-state index is 0.577. The molecule has 5 nitrogen and oxygen atoms in total. The maximum Gasteiger partial charge on any atom is 0.196 e. The Morgan fingerprint density at radius 1 is 0.400 bits per heavy atom. The molecule has 0 saturated heterocycles. The minimum Gasteiger partial charge on any atom is -0.311 e. The second-order valence-electron chi connectivity index (χ2n) is 14.0. The Morgan fingerprint density at radius 3 is 1.35 bits per heavy atom. The number of para-hydroxylation sites is 4. The predicted octanol–water partition coefficient (Wildman–Crippen LogP) is 13.1. The van der Waals surface area contributed by atoms with Crippen molar-refractivity contribution in [3.63, 3.8) is 0 Å². The molecule has 0 N–H and O–H groups in total. The van der Waals surface area contributed by atoms with Crippen LogP contribution < -0.4 is 0 Å². The van der Waals surface area contributed by atoms with Gasteiger partial charge < -0.3 is 13.7 Å². The summed E-state index contributed by atoms with van der Waals surface area (Å²) in [5.41, 5.74) is 12.7. The van der Waals surface area contributed by atoms with Crippen LogP contribution in [-0.2, 0) is 0 Å². The normalized spacial score (nSPS) is 11.6. The molecule has 0 radical (unpaired) electrons. The van der Waals surface area contributed by atoms with Gasteiger partial charge in [0.1, 0.15) is 0 Å². The number of hydrogen-bond donors (Lipinski definition) is 0. The van der Waals surface area contributed by atoms with Gasteiger partial charge >= 0.3 is 0 Å². The molecule has 11 rings (SSSR count). The third-order valence-corrected chi connectivity index (χ3v) is 11.1. The second-order valence-corrected chi connectivity index (χ2v) is 14.0. The molecule has 5 heteroatoms. The standard InChI is InChI=1S/C50H29N5/c1-52-44-30-36(23-25-37(44)33-19-21-34(22-20-33)53-45-14-6-2-10-38(45)39-11-3-7-15-46(39)53)55-49-26-18-32(31-51)28-42(49)43-29-35(24-27-50(43)55)54-47-16-8-4-12-40(47)41-13-5-9-17-48(41)54/h2-30H. The fourth-order valence-corrected chi connectivity index (χ4v) is 8.69. The van der Waals surface area contributed by atoms with Crippen LogP contribution in [0, 0.1) is 17.9 Å². The van der Waals surface area contributed by atoms with Gasteiger partial charge in [0.05, 0.1) is 51.3 Å². The van der Waals surface area contributed by atoms with E-state index in [0.29, 0.717) is 11.3 Å². The summed E-state index contributed by atoms with van der Waals surface area (Å²) in [7, 11) is 0. The molecule has 3 aromatic heterocycles. The first-order chi connectivity index (χ1) is 27.2. The maximum absolute atomic E-state index is 9.91. The molecule has 0 aliphatic heterocycles. The molecule has 0 bridgehead atoms. The lowest BCUT2D eigenvalue weighted by molar-refractivity contribution is 1.17. The highest BCUT2D eigenvalue weighted by molar-refractivity contribution is 6.13. The number of nitriles is 1. The summed E-state index contributed by atoms with van der Waals surface area (Å²) < 4.78 is 6.84. The molecule has 11 aromatic rings. The van der Waals surface area contributed by atoms with Crippen LogP contribution in [-0.4, -0.2) is 13.7 Å². The Morgan fingerprint density at radius 2 is 0.818 bits per heavy atom. The SMILES string of the molecule is [C-]#[N+]c1cc(-n2c3ccc(C#N)cc3c3cc(-n4c5ccccc5c5ccccc54)ccc32)ccc1-c1ccc(-n2c3ccccc3c3ccccc32)cc1. The molecule has 3 heterocycles. The average Bonchev–Trinajstić information content (AvgIpc) is 3.89. The van der Waals surface area contributed by atoms with Crippen LogP contribution in [0.3, 0.4) is 0 Å². The van der Waals surface area contributed by atoms with E-state index in [0.717, 1.165) is 72.1 Å². The van der Waals surface area contributed by atoms with Crippen LogP contribution in [0.25, 0.3) is 98.5 Å². The summed E-state index contributed by atoms with van der Waals surface area (Å²) in [5.74, 6) is 0. The van der Waals surface area contributed by atoms with Gasteiger partial charge in [-0.3, -0.25) is 0 Å². The Labute approximate surface area is 316 Å². The zero-order valence-electron chi connectivity index (χ0n) is 29.5. The van der Waals surface area contributed by atoms with Crippen molar-refractivity contribution in [3.8, 4) is 34.3 Å². The summed E-state index contributed by atoms with van der Waals surface area (Å²) in [6.45, 7) is 8.28. The van der Waals surface area contributed by atoms with Crippen molar-refractivity contribution in [2.24, 2.45) is 0 Å². The molecule has 0 spiro atoms. The molecular weight excluding hydrogens is 671 g/mol. The highest BCUT2D eigenvalue weighted by atomic mass is 15.0. The summed E-state index contributed by atoms with van der Waals surface area (Å²) in [4.78, 5) is 4.05. The number of fused-ring (bicyclic) bond motifs is 9. The molecule has 0 fully saturated rings. The van der Waals surface area contributed by atoms with Crippen molar-refractivity contribution in [2.45, 2.75) is 0 Å². The van der Waals surface area contributed by atoms with Crippen molar-refractivity contribution in [2.75, 3.05) is 0 Å². The molecule has 0 saturated carbocycles. The molecule has 0 atom stereocenters. The van der Waals surface area contributed by atoms with Gasteiger partial charge in [-0.1, -0.05) is 91.0 Å². The Balaban J connectivity index is 1.05. The van der Waals surface area contributed by atoms with Crippen molar-refractivity contribution < 1.29 is 0 Å². The summed E-state index contributed by atoms with van der Waals surface area (Å²) >= 11 is 0. The number of nitrogens with zero attached hydrogens (tertiary/aromatic N) is 5. The predicted molar refractivity (Wildman–Crippen MR) is 226 cm³/mol. The highest BCUT2D eigenvalue weighted by Crippen LogP contribution is 2.40. The van der Waals surface area contributed by atoms with Crippen LogP contribution in [0.5, 0.6) is 0 Å². The van der Waals surface area contributed by atoms with Crippen molar-refractivity contribution >= 4 is 71.1 Å². The van der Waals surface area contributed by atoms with Gasteiger partial charge in [-0.2, -0.15) is 5.26 Å². The van der Waals surface area contributed by atoms with E-state index in [-0.39, 0.29) is 0 Å². The molecule has 0 aliphatic rings. The van der Waals surface area contributed by atoms with Gasteiger partial charge in [-0.15, -0.1) is 0 Å². The van der Waals surface area contributed by atoms with E-state index in [1.807, 2.05) is 24.3 Å². The van der Waals surface area contributed by atoms with Crippen LogP contribution >= 0.6 is 0 Å². The van der Waals surface area contributed by atoms with E-state index >= 15 is 0 Å². The molecule has 0 amide bonds.